The lowest BCUT2D eigenvalue weighted by Crippen LogP contribution is -2.44. The third-order valence-electron chi connectivity index (χ3n) is 4.54. The van der Waals surface area contributed by atoms with Gasteiger partial charge in [0, 0.05) is 56.4 Å². The van der Waals surface area contributed by atoms with Crippen LogP contribution in [0.3, 0.4) is 0 Å². The van der Waals surface area contributed by atoms with Crippen molar-refractivity contribution in [2.24, 2.45) is 0 Å². The van der Waals surface area contributed by atoms with Crippen molar-refractivity contribution in [1.82, 2.24) is 14.9 Å². The molecule has 2 N–H and O–H groups in total. The first-order valence-electron chi connectivity index (χ1n) is 9.09. The van der Waals surface area contributed by atoms with Gasteiger partial charge in [0.2, 0.25) is 5.95 Å². The van der Waals surface area contributed by atoms with Crippen LogP contribution in [0.1, 0.15) is 12.5 Å². The normalized spacial score (nSPS) is 15.1. The summed E-state index contributed by atoms with van der Waals surface area (Å²) in [7, 11) is 3.95. The second kappa shape index (κ2) is 8.64. The summed E-state index contributed by atoms with van der Waals surface area (Å²) in [5.74, 6) is 1.16. The number of likely N-dealkylation sites (N-methyl/N-ethyl adjacent to an activating group) is 1. The highest BCUT2D eigenvalue weighted by atomic mass is 16.1. The molecule has 142 valence electrons. The highest BCUT2D eigenvalue weighted by Crippen LogP contribution is 2.22. The van der Waals surface area contributed by atoms with Gasteiger partial charge in [0.25, 0.3) is 0 Å². The van der Waals surface area contributed by atoms with Gasteiger partial charge in [-0.2, -0.15) is 4.98 Å². The van der Waals surface area contributed by atoms with Gasteiger partial charge in [-0.25, -0.2) is 4.98 Å². The zero-order chi connectivity index (χ0) is 19.2. The summed E-state index contributed by atoms with van der Waals surface area (Å²) in [5, 5.41) is 6.26. The van der Waals surface area contributed by atoms with E-state index in [2.05, 4.69) is 49.6 Å². The maximum absolute atomic E-state index is 11.1. The zero-order valence-corrected chi connectivity index (χ0v) is 16.1. The van der Waals surface area contributed by atoms with E-state index in [1.807, 2.05) is 12.1 Å². The van der Waals surface area contributed by atoms with Crippen LogP contribution in [0.4, 0.5) is 23.1 Å². The Kier molecular flexibility index (Phi) is 6.03. The van der Waals surface area contributed by atoms with E-state index >= 15 is 0 Å². The van der Waals surface area contributed by atoms with Gasteiger partial charge in [-0.1, -0.05) is 0 Å². The number of carbonyl (C=O) groups excluding carboxylic acids is 1. The topological polar surface area (TPSA) is 73.4 Å². The third kappa shape index (κ3) is 5.04. The highest BCUT2D eigenvalue weighted by molar-refractivity contribution is 5.92. The molecule has 1 aromatic heterocycles. The number of hydrogen-bond donors (Lipinski definition) is 2. The molecule has 0 aliphatic carbocycles. The number of anilines is 4. The summed E-state index contributed by atoms with van der Waals surface area (Å²) < 4.78 is 0. The number of nitrogens with zero attached hydrogens (tertiary/aromatic N) is 4. The quantitative estimate of drug-likeness (QED) is 0.761. The van der Waals surface area contributed by atoms with E-state index in [4.69, 9.17) is 0 Å². The second-order valence-corrected chi connectivity index (χ2v) is 6.65. The van der Waals surface area contributed by atoms with E-state index in [0.29, 0.717) is 11.8 Å². The van der Waals surface area contributed by atoms with Gasteiger partial charge in [-0.15, -0.1) is 0 Å². The molecular weight excluding hydrogens is 340 g/mol. The van der Waals surface area contributed by atoms with Crippen LogP contribution >= 0.6 is 0 Å². The number of nitrogens with one attached hydrogen (secondary N) is 2. The Morgan fingerprint density at radius 2 is 1.85 bits per heavy atom. The fourth-order valence-corrected chi connectivity index (χ4v) is 2.93. The minimum Gasteiger partial charge on any atom is -0.372 e. The van der Waals surface area contributed by atoms with E-state index in [1.54, 1.807) is 19.3 Å². The fourth-order valence-electron chi connectivity index (χ4n) is 2.93. The number of carbonyl (C=O) groups is 1. The van der Waals surface area contributed by atoms with Crippen LogP contribution in [0.25, 0.3) is 6.08 Å². The van der Waals surface area contributed by atoms with Crippen molar-refractivity contribution in [1.29, 1.82) is 0 Å². The number of rotatable bonds is 6. The molecule has 7 nitrogen and oxygen atoms in total. The van der Waals surface area contributed by atoms with Gasteiger partial charge in [0.15, 0.2) is 5.78 Å². The third-order valence-corrected chi connectivity index (χ3v) is 4.54. The molecule has 1 aliphatic rings. The van der Waals surface area contributed by atoms with Crippen molar-refractivity contribution in [3.63, 3.8) is 0 Å². The first kappa shape index (κ1) is 18.8. The molecule has 1 saturated heterocycles. The molecule has 27 heavy (non-hydrogen) atoms. The van der Waals surface area contributed by atoms with Crippen molar-refractivity contribution in [2.75, 3.05) is 55.8 Å². The summed E-state index contributed by atoms with van der Waals surface area (Å²) >= 11 is 0. The number of piperazine rings is 1. The first-order valence-corrected chi connectivity index (χ1v) is 9.09. The van der Waals surface area contributed by atoms with Crippen LogP contribution < -0.4 is 15.5 Å². The van der Waals surface area contributed by atoms with E-state index in [-0.39, 0.29) is 5.78 Å². The Balaban J connectivity index is 1.69. The minimum absolute atomic E-state index is 0.0142. The maximum Gasteiger partial charge on any atom is 0.229 e. The lowest BCUT2D eigenvalue weighted by atomic mass is 10.2. The molecule has 0 saturated carbocycles. The summed E-state index contributed by atoms with van der Waals surface area (Å²) in [5.41, 5.74) is 2.93. The van der Waals surface area contributed by atoms with Gasteiger partial charge in [0.1, 0.15) is 5.82 Å². The van der Waals surface area contributed by atoms with Crippen molar-refractivity contribution in [3.05, 3.63) is 42.1 Å². The van der Waals surface area contributed by atoms with Gasteiger partial charge >= 0.3 is 0 Å². The van der Waals surface area contributed by atoms with Crippen molar-refractivity contribution < 1.29 is 4.79 Å². The number of allylic oxidation sites excluding steroid dienone is 1. The lowest BCUT2D eigenvalue weighted by Gasteiger charge is -2.34. The first-order chi connectivity index (χ1) is 13.0. The number of benzene rings is 1. The molecule has 0 atom stereocenters. The Labute approximate surface area is 160 Å². The SMILES string of the molecule is CNc1nc(Nc2ccc(N3CCN(C)CC3)cc2)ncc1C=CC(C)=O. The number of ketones is 1. The molecule has 0 bridgehead atoms. The van der Waals surface area contributed by atoms with Crippen LogP contribution in [-0.2, 0) is 4.79 Å². The van der Waals surface area contributed by atoms with E-state index in [1.165, 1.54) is 18.7 Å². The van der Waals surface area contributed by atoms with Crippen LogP contribution in [-0.4, -0.2) is 60.9 Å². The summed E-state index contributed by atoms with van der Waals surface area (Å²) in [6, 6.07) is 8.33. The summed E-state index contributed by atoms with van der Waals surface area (Å²) in [4.78, 5) is 24.7. The fraction of sp³-hybridized carbons (Fsp3) is 0.350. The van der Waals surface area contributed by atoms with Crippen LogP contribution in [0, 0.1) is 0 Å². The van der Waals surface area contributed by atoms with Crippen molar-refractivity contribution in [3.8, 4) is 0 Å². The Morgan fingerprint density at radius 1 is 1.15 bits per heavy atom. The number of aromatic nitrogens is 2. The van der Waals surface area contributed by atoms with Crippen molar-refractivity contribution >= 4 is 35.0 Å². The highest BCUT2D eigenvalue weighted by Gasteiger charge is 2.14. The molecule has 0 unspecified atom stereocenters. The molecule has 1 fully saturated rings. The average molecular weight is 366 g/mol. The molecule has 3 rings (SSSR count). The summed E-state index contributed by atoms with van der Waals surface area (Å²) in [6.45, 7) is 5.79. The number of hydrogen-bond acceptors (Lipinski definition) is 7. The molecule has 0 spiro atoms. The van der Waals surface area contributed by atoms with Gasteiger partial charge in [-0.05, 0) is 50.4 Å². The molecule has 0 radical (unpaired) electrons. The predicted molar refractivity (Wildman–Crippen MR) is 111 cm³/mol. The molecular formula is C20H26N6O. The van der Waals surface area contributed by atoms with Crippen molar-refractivity contribution in [2.45, 2.75) is 6.92 Å². The van der Waals surface area contributed by atoms with Gasteiger partial charge < -0.3 is 20.4 Å². The molecule has 7 heteroatoms. The van der Waals surface area contributed by atoms with E-state index < -0.39 is 0 Å². The smallest absolute Gasteiger partial charge is 0.229 e. The largest absolute Gasteiger partial charge is 0.372 e. The van der Waals surface area contributed by atoms with Crippen LogP contribution in [0.5, 0.6) is 0 Å². The monoisotopic (exact) mass is 366 g/mol. The Morgan fingerprint density at radius 3 is 2.48 bits per heavy atom. The second-order valence-electron chi connectivity index (χ2n) is 6.65. The summed E-state index contributed by atoms with van der Waals surface area (Å²) in [6.07, 6.45) is 4.91. The molecule has 0 amide bonds. The molecule has 2 aromatic rings. The van der Waals surface area contributed by atoms with Gasteiger partial charge in [-0.3, -0.25) is 4.79 Å². The van der Waals surface area contributed by atoms with E-state index in [9.17, 15) is 4.79 Å². The average Bonchev–Trinajstić information content (AvgIpc) is 2.68. The standard InChI is InChI=1S/C20H26N6O/c1-15(27)4-5-16-14-22-20(24-19(16)21-2)23-17-6-8-18(9-7-17)26-12-10-25(3)11-13-26/h4-9,14H,10-13H2,1-3H3,(H2,21,22,23,24). The lowest BCUT2D eigenvalue weighted by molar-refractivity contribution is -0.112. The molecule has 1 aromatic carbocycles. The Bertz CT molecular complexity index is 810. The predicted octanol–water partition coefficient (Wildman–Crippen LogP) is 2.62. The van der Waals surface area contributed by atoms with E-state index in [0.717, 1.165) is 37.4 Å². The van der Waals surface area contributed by atoms with Gasteiger partial charge in [0.05, 0.1) is 0 Å². The zero-order valence-electron chi connectivity index (χ0n) is 16.1. The van der Waals surface area contributed by atoms with Crippen LogP contribution in [0.15, 0.2) is 36.5 Å². The van der Waals surface area contributed by atoms with Crippen LogP contribution in [0.2, 0.25) is 0 Å². The Hall–Kier alpha value is -2.93. The molecule has 2 heterocycles. The molecule has 1 aliphatic heterocycles. The minimum atomic E-state index is -0.0142. The maximum atomic E-state index is 11.1.